The van der Waals surface area contributed by atoms with Gasteiger partial charge in [-0.2, -0.15) is 5.48 Å². The molecule has 2 N–H and O–H groups in total. The Labute approximate surface area is 206 Å². The van der Waals surface area contributed by atoms with E-state index in [2.05, 4.69) is 10.2 Å². The smallest absolute Gasteiger partial charge is 0.327 e. The maximum Gasteiger partial charge on any atom is 0.327 e. The summed E-state index contributed by atoms with van der Waals surface area (Å²) < 4.78 is 29.0. The molecule has 5 fully saturated rings. The lowest BCUT2D eigenvalue weighted by molar-refractivity contribution is -0.145. The topological polar surface area (TPSA) is 128 Å². The molecule has 5 atom stereocenters. The van der Waals surface area contributed by atoms with Crippen molar-refractivity contribution in [2.45, 2.75) is 94.2 Å². The first-order chi connectivity index (χ1) is 16.6. The Morgan fingerprint density at radius 2 is 1.89 bits per heavy atom. The molecule has 0 aromatic heterocycles. The van der Waals surface area contributed by atoms with E-state index in [-0.39, 0.29) is 49.0 Å². The predicted octanol–water partition coefficient (Wildman–Crippen LogP) is 0.564. The number of sulfonamides is 1. The molecular formula is C23H37N5O6S. The molecule has 3 aliphatic heterocycles. The standard InChI is InChI=1S/C23H37N5O6S/c1-15-11-16(34-24-15)13-28-21(30)18-12-17(35(32,33)25-23(2)7-8-23)5-6-19(18)27(22(28)31)14-20(29)26-9-3-4-10-26/h15-19,24-25H,3-14H2,1-2H3. The first-order valence-corrected chi connectivity index (χ1v) is 14.4. The highest BCUT2D eigenvalue weighted by atomic mass is 32.2. The van der Waals surface area contributed by atoms with Crippen molar-refractivity contribution in [1.82, 2.24) is 24.9 Å². The van der Waals surface area contributed by atoms with Crippen LogP contribution in [0.5, 0.6) is 0 Å². The number of hydroxylamine groups is 1. The quantitative estimate of drug-likeness (QED) is 0.511. The Balaban J connectivity index is 1.36. The third-order valence-electron chi connectivity index (χ3n) is 8.26. The van der Waals surface area contributed by atoms with E-state index in [1.54, 1.807) is 4.90 Å². The van der Waals surface area contributed by atoms with E-state index in [0.29, 0.717) is 32.4 Å². The van der Waals surface area contributed by atoms with E-state index >= 15 is 0 Å². The molecule has 35 heavy (non-hydrogen) atoms. The molecule has 0 aromatic rings. The number of hydrogen-bond donors (Lipinski definition) is 2. The van der Waals surface area contributed by atoms with Gasteiger partial charge in [-0.3, -0.25) is 19.3 Å². The molecule has 5 rings (SSSR count). The molecule has 0 aromatic carbocycles. The minimum Gasteiger partial charge on any atom is -0.341 e. The van der Waals surface area contributed by atoms with Crippen molar-refractivity contribution in [1.29, 1.82) is 0 Å². The maximum absolute atomic E-state index is 13.6. The molecule has 11 nitrogen and oxygen atoms in total. The highest BCUT2D eigenvalue weighted by molar-refractivity contribution is 7.90. The number of hydrogen-bond acceptors (Lipinski definition) is 7. The molecule has 196 valence electrons. The van der Waals surface area contributed by atoms with Crippen molar-refractivity contribution in [3.05, 3.63) is 0 Å². The minimum absolute atomic E-state index is 0.0837. The van der Waals surface area contributed by atoms with Crippen LogP contribution >= 0.6 is 0 Å². The average Bonchev–Trinajstić information content (AvgIpc) is 3.20. The van der Waals surface area contributed by atoms with Gasteiger partial charge in [-0.25, -0.2) is 17.9 Å². The number of amides is 4. The van der Waals surface area contributed by atoms with Crippen molar-refractivity contribution in [2.24, 2.45) is 5.92 Å². The van der Waals surface area contributed by atoms with Gasteiger partial charge in [-0.05, 0) is 65.2 Å². The Kier molecular flexibility index (Phi) is 6.60. The summed E-state index contributed by atoms with van der Waals surface area (Å²) in [5.41, 5.74) is 2.49. The summed E-state index contributed by atoms with van der Waals surface area (Å²) in [4.78, 5) is 50.1. The molecular weight excluding hydrogens is 474 g/mol. The average molecular weight is 512 g/mol. The van der Waals surface area contributed by atoms with Gasteiger partial charge in [0.05, 0.1) is 23.8 Å². The lowest BCUT2D eigenvalue weighted by Crippen LogP contribution is -2.66. The molecule has 4 amide bonds. The summed E-state index contributed by atoms with van der Waals surface area (Å²) >= 11 is 0. The van der Waals surface area contributed by atoms with Crippen LogP contribution in [0.15, 0.2) is 0 Å². The number of carbonyl (C=O) groups is 3. The minimum atomic E-state index is -3.60. The van der Waals surface area contributed by atoms with Crippen LogP contribution in [-0.2, 0) is 24.4 Å². The Morgan fingerprint density at radius 1 is 1.17 bits per heavy atom. The van der Waals surface area contributed by atoms with E-state index in [1.807, 2.05) is 13.8 Å². The summed E-state index contributed by atoms with van der Waals surface area (Å²) in [5, 5.41) is -0.694. The molecule has 0 bridgehead atoms. The van der Waals surface area contributed by atoms with Gasteiger partial charge >= 0.3 is 6.03 Å². The lowest BCUT2D eigenvalue weighted by Gasteiger charge is -2.48. The SMILES string of the molecule is CC1CC(CN2C(=O)C3CC(S(=O)(=O)NC4(C)CC4)CCC3N(CC(=O)N3CCCC3)C2=O)ON1. The molecule has 2 saturated carbocycles. The number of fused-ring (bicyclic) bond motifs is 1. The number of imide groups is 1. The first-order valence-electron chi connectivity index (χ1n) is 12.9. The van der Waals surface area contributed by atoms with E-state index < -0.39 is 33.3 Å². The van der Waals surface area contributed by atoms with Gasteiger partial charge in [0.2, 0.25) is 21.8 Å². The summed E-state index contributed by atoms with van der Waals surface area (Å²) in [6.45, 7) is 5.22. The summed E-state index contributed by atoms with van der Waals surface area (Å²) in [6.07, 6.45) is 4.71. The van der Waals surface area contributed by atoms with Gasteiger partial charge in [0.25, 0.3) is 0 Å². The van der Waals surface area contributed by atoms with Crippen LogP contribution in [0.25, 0.3) is 0 Å². The van der Waals surface area contributed by atoms with Gasteiger partial charge in [-0.15, -0.1) is 0 Å². The zero-order valence-corrected chi connectivity index (χ0v) is 21.4. The van der Waals surface area contributed by atoms with Crippen molar-refractivity contribution in [2.75, 3.05) is 26.2 Å². The van der Waals surface area contributed by atoms with Crippen LogP contribution in [0, 0.1) is 5.92 Å². The molecule has 3 heterocycles. The summed E-state index contributed by atoms with van der Waals surface area (Å²) in [7, 11) is -3.60. The van der Waals surface area contributed by atoms with Crippen LogP contribution in [0.2, 0.25) is 0 Å². The van der Waals surface area contributed by atoms with Gasteiger partial charge < -0.3 is 9.80 Å². The van der Waals surface area contributed by atoms with Gasteiger partial charge in [0, 0.05) is 30.7 Å². The molecule has 2 aliphatic carbocycles. The first kappa shape index (κ1) is 24.9. The second-order valence-corrected chi connectivity index (χ2v) is 13.2. The summed E-state index contributed by atoms with van der Waals surface area (Å²) in [5.74, 6) is -1.13. The Hall–Kier alpha value is -1.76. The number of likely N-dealkylation sites (tertiary alicyclic amines) is 1. The second-order valence-electron chi connectivity index (χ2n) is 11.3. The maximum atomic E-state index is 13.6. The van der Waals surface area contributed by atoms with Crippen LogP contribution in [-0.4, -0.2) is 96.1 Å². The van der Waals surface area contributed by atoms with Gasteiger partial charge in [0.15, 0.2) is 0 Å². The Morgan fingerprint density at radius 3 is 2.51 bits per heavy atom. The Bertz CT molecular complexity index is 979. The monoisotopic (exact) mass is 511 g/mol. The zero-order chi connectivity index (χ0) is 25.0. The van der Waals surface area contributed by atoms with E-state index in [1.165, 1.54) is 9.80 Å². The molecule has 12 heteroatoms. The van der Waals surface area contributed by atoms with Crippen molar-refractivity contribution >= 4 is 27.9 Å². The second kappa shape index (κ2) is 9.28. The molecule has 5 unspecified atom stereocenters. The highest BCUT2D eigenvalue weighted by Crippen LogP contribution is 2.40. The summed E-state index contributed by atoms with van der Waals surface area (Å²) in [6, 6.07) is -0.839. The highest BCUT2D eigenvalue weighted by Gasteiger charge is 2.53. The fraction of sp³-hybridized carbons (Fsp3) is 0.870. The van der Waals surface area contributed by atoms with Crippen LogP contribution in [0.1, 0.15) is 65.2 Å². The fourth-order valence-electron chi connectivity index (χ4n) is 5.93. The number of urea groups is 1. The fourth-order valence-corrected chi connectivity index (χ4v) is 7.89. The normalized spacial score (nSPS) is 34.9. The largest absolute Gasteiger partial charge is 0.341 e. The van der Waals surface area contributed by atoms with E-state index in [9.17, 15) is 22.8 Å². The third-order valence-corrected chi connectivity index (χ3v) is 10.3. The van der Waals surface area contributed by atoms with Crippen molar-refractivity contribution in [3.8, 4) is 0 Å². The van der Waals surface area contributed by atoms with Crippen molar-refractivity contribution < 1.29 is 27.6 Å². The molecule has 5 aliphatic rings. The molecule has 3 saturated heterocycles. The number of nitrogens with one attached hydrogen (secondary N) is 2. The molecule has 0 spiro atoms. The number of rotatable bonds is 7. The number of nitrogens with zero attached hydrogens (tertiary/aromatic N) is 3. The molecule has 0 radical (unpaired) electrons. The predicted molar refractivity (Wildman–Crippen MR) is 126 cm³/mol. The van der Waals surface area contributed by atoms with Crippen LogP contribution < -0.4 is 10.2 Å². The van der Waals surface area contributed by atoms with Gasteiger partial charge in [-0.1, -0.05) is 0 Å². The van der Waals surface area contributed by atoms with E-state index in [0.717, 1.165) is 25.7 Å². The van der Waals surface area contributed by atoms with Crippen LogP contribution in [0.4, 0.5) is 4.79 Å². The zero-order valence-electron chi connectivity index (χ0n) is 20.6. The van der Waals surface area contributed by atoms with Gasteiger partial charge in [0.1, 0.15) is 6.54 Å². The van der Waals surface area contributed by atoms with E-state index in [4.69, 9.17) is 4.84 Å². The lowest BCUT2D eigenvalue weighted by atomic mass is 9.80. The third kappa shape index (κ3) is 5.07. The number of carbonyl (C=O) groups excluding carboxylic acids is 3. The van der Waals surface area contributed by atoms with Crippen LogP contribution in [0.3, 0.4) is 0 Å². The van der Waals surface area contributed by atoms with Crippen molar-refractivity contribution in [3.63, 3.8) is 0 Å².